The summed E-state index contributed by atoms with van der Waals surface area (Å²) in [7, 11) is 0. The Morgan fingerprint density at radius 2 is 1.71 bits per heavy atom. The first-order valence-electron chi connectivity index (χ1n) is 9.67. The van der Waals surface area contributed by atoms with Crippen molar-refractivity contribution < 1.29 is 14.0 Å². The molecule has 2 aromatic carbocycles. The molecule has 0 radical (unpaired) electrons. The number of furan rings is 1. The van der Waals surface area contributed by atoms with Crippen LogP contribution >= 0.6 is 11.3 Å². The first-order chi connectivity index (χ1) is 15.1. The van der Waals surface area contributed by atoms with Gasteiger partial charge in [-0.05, 0) is 60.3 Å². The van der Waals surface area contributed by atoms with Crippen molar-refractivity contribution >= 4 is 46.2 Å². The summed E-state index contributed by atoms with van der Waals surface area (Å²) in [5.41, 5.74) is 3.79. The van der Waals surface area contributed by atoms with E-state index < -0.39 is 0 Å². The first kappa shape index (κ1) is 20.4. The third-order valence-electron chi connectivity index (χ3n) is 4.51. The molecule has 0 aliphatic carbocycles. The molecule has 0 aliphatic heterocycles. The van der Waals surface area contributed by atoms with Crippen molar-refractivity contribution in [3.63, 3.8) is 0 Å². The number of nitrogens with one attached hydrogen (secondary N) is 2. The van der Waals surface area contributed by atoms with Gasteiger partial charge < -0.3 is 15.1 Å². The Hall–Kier alpha value is -3.90. The second-order valence-corrected chi connectivity index (χ2v) is 7.86. The molecule has 2 N–H and O–H groups in total. The van der Waals surface area contributed by atoms with Crippen LogP contribution < -0.4 is 10.6 Å². The molecule has 31 heavy (non-hydrogen) atoms. The Balaban J connectivity index is 1.56. The summed E-state index contributed by atoms with van der Waals surface area (Å²) in [4.78, 5) is 26.2. The minimum absolute atomic E-state index is 0.218. The topological polar surface area (TPSA) is 71.3 Å². The van der Waals surface area contributed by atoms with Crippen molar-refractivity contribution in [3.05, 3.63) is 106 Å². The van der Waals surface area contributed by atoms with E-state index in [9.17, 15) is 9.59 Å². The number of rotatable bonds is 6. The van der Waals surface area contributed by atoms with Crippen molar-refractivity contribution in [3.8, 4) is 0 Å². The lowest BCUT2D eigenvalue weighted by molar-refractivity contribution is -0.111. The standard InChI is InChI=1S/C25H20N2O3S/c1-17-6-2-7-18(14-17)15-21(23-11-5-13-31-23)24(28)26-19-8-3-9-20(16-19)27-25(29)22-10-4-12-30-22/h2-16H,1H3,(H,26,28)(H,27,29). The largest absolute Gasteiger partial charge is 0.459 e. The molecule has 2 amide bonds. The molecule has 0 unspecified atom stereocenters. The monoisotopic (exact) mass is 428 g/mol. The summed E-state index contributed by atoms with van der Waals surface area (Å²) >= 11 is 1.51. The highest BCUT2D eigenvalue weighted by molar-refractivity contribution is 7.11. The van der Waals surface area contributed by atoms with E-state index in [2.05, 4.69) is 10.6 Å². The van der Waals surface area contributed by atoms with Crippen LogP contribution in [0.2, 0.25) is 0 Å². The smallest absolute Gasteiger partial charge is 0.291 e. The van der Waals surface area contributed by atoms with Gasteiger partial charge in [0.05, 0.1) is 11.8 Å². The number of hydrogen-bond acceptors (Lipinski definition) is 4. The molecule has 154 valence electrons. The van der Waals surface area contributed by atoms with E-state index in [1.54, 1.807) is 36.4 Å². The van der Waals surface area contributed by atoms with Crippen LogP contribution in [-0.2, 0) is 4.79 Å². The number of carbonyl (C=O) groups excluding carboxylic acids is 2. The van der Waals surface area contributed by atoms with E-state index in [0.717, 1.165) is 16.0 Å². The SMILES string of the molecule is Cc1cccc(C=C(C(=O)Nc2cccc(NC(=O)c3ccco3)c2)c2cccs2)c1. The van der Waals surface area contributed by atoms with E-state index in [1.165, 1.54) is 17.6 Å². The van der Waals surface area contributed by atoms with Crippen LogP contribution in [0.25, 0.3) is 11.6 Å². The molecule has 2 aromatic heterocycles. The Kier molecular flexibility index (Phi) is 6.10. The number of benzene rings is 2. The van der Waals surface area contributed by atoms with Gasteiger partial charge in [-0.2, -0.15) is 0 Å². The molecule has 0 fully saturated rings. The van der Waals surface area contributed by atoms with E-state index in [1.807, 2.05) is 54.8 Å². The van der Waals surface area contributed by atoms with Crippen LogP contribution in [-0.4, -0.2) is 11.8 Å². The second kappa shape index (κ2) is 9.28. The molecule has 0 atom stereocenters. The summed E-state index contributed by atoms with van der Waals surface area (Å²) in [6, 6.07) is 22.1. The van der Waals surface area contributed by atoms with E-state index in [0.29, 0.717) is 16.9 Å². The average Bonchev–Trinajstić information content (AvgIpc) is 3.46. The molecule has 5 nitrogen and oxygen atoms in total. The Bertz CT molecular complexity index is 1230. The number of carbonyl (C=O) groups is 2. The Labute approximate surface area is 184 Å². The third kappa shape index (κ3) is 5.18. The van der Waals surface area contributed by atoms with Crippen LogP contribution in [0.5, 0.6) is 0 Å². The lowest BCUT2D eigenvalue weighted by atomic mass is 10.1. The van der Waals surface area contributed by atoms with Crippen molar-refractivity contribution in [1.29, 1.82) is 0 Å². The fraction of sp³-hybridized carbons (Fsp3) is 0.0400. The summed E-state index contributed by atoms with van der Waals surface area (Å²) in [6.07, 6.45) is 3.33. The van der Waals surface area contributed by atoms with Crippen molar-refractivity contribution in [2.75, 3.05) is 10.6 Å². The number of anilines is 2. The molecule has 0 bridgehead atoms. The molecule has 4 rings (SSSR count). The van der Waals surface area contributed by atoms with Crippen molar-refractivity contribution in [2.24, 2.45) is 0 Å². The van der Waals surface area contributed by atoms with Crippen LogP contribution in [0.3, 0.4) is 0 Å². The summed E-state index contributed by atoms with van der Waals surface area (Å²) in [6.45, 7) is 2.02. The molecular formula is C25H20N2O3S. The zero-order valence-corrected chi connectivity index (χ0v) is 17.6. The van der Waals surface area contributed by atoms with Gasteiger partial charge >= 0.3 is 0 Å². The summed E-state index contributed by atoms with van der Waals surface area (Å²) in [5.74, 6) is -0.360. The Morgan fingerprint density at radius 3 is 2.42 bits per heavy atom. The molecule has 0 aliphatic rings. The van der Waals surface area contributed by atoms with E-state index >= 15 is 0 Å². The first-order valence-corrected chi connectivity index (χ1v) is 10.5. The highest BCUT2D eigenvalue weighted by atomic mass is 32.1. The van der Waals surface area contributed by atoms with Gasteiger partial charge in [-0.1, -0.05) is 42.0 Å². The van der Waals surface area contributed by atoms with Gasteiger partial charge in [-0.15, -0.1) is 11.3 Å². The molecule has 0 spiro atoms. The van der Waals surface area contributed by atoms with Gasteiger partial charge in [0.1, 0.15) is 0 Å². The number of hydrogen-bond donors (Lipinski definition) is 2. The van der Waals surface area contributed by atoms with Crippen LogP contribution in [0.15, 0.2) is 88.9 Å². The van der Waals surface area contributed by atoms with Crippen molar-refractivity contribution in [1.82, 2.24) is 0 Å². The minimum atomic E-state index is -0.355. The van der Waals surface area contributed by atoms with Gasteiger partial charge in [0.15, 0.2) is 5.76 Å². The maximum Gasteiger partial charge on any atom is 0.291 e. The fourth-order valence-electron chi connectivity index (χ4n) is 3.08. The summed E-state index contributed by atoms with van der Waals surface area (Å²) in [5, 5.41) is 7.64. The quantitative estimate of drug-likeness (QED) is 0.366. The summed E-state index contributed by atoms with van der Waals surface area (Å²) < 4.78 is 5.11. The maximum absolute atomic E-state index is 13.1. The molecule has 2 heterocycles. The molecule has 6 heteroatoms. The number of aryl methyl sites for hydroxylation is 1. The second-order valence-electron chi connectivity index (χ2n) is 6.92. The van der Waals surface area contributed by atoms with Gasteiger partial charge in [-0.3, -0.25) is 9.59 Å². The lowest BCUT2D eigenvalue weighted by Crippen LogP contribution is -2.14. The number of amides is 2. The zero-order chi connectivity index (χ0) is 21.6. The van der Waals surface area contributed by atoms with Crippen LogP contribution in [0.1, 0.15) is 26.6 Å². The molecule has 0 saturated carbocycles. The zero-order valence-electron chi connectivity index (χ0n) is 16.8. The molecule has 0 saturated heterocycles. The van der Waals surface area contributed by atoms with E-state index in [4.69, 9.17) is 4.42 Å². The third-order valence-corrected chi connectivity index (χ3v) is 5.41. The molecule has 4 aromatic rings. The normalized spacial score (nSPS) is 11.2. The van der Waals surface area contributed by atoms with Crippen LogP contribution in [0.4, 0.5) is 11.4 Å². The maximum atomic E-state index is 13.1. The minimum Gasteiger partial charge on any atom is -0.459 e. The van der Waals surface area contributed by atoms with Gasteiger partial charge in [0.2, 0.25) is 0 Å². The predicted octanol–water partition coefficient (Wildman–Crippen LogP) is 6.08. The van der Waals surface area contributed by atoms with Crippen LogP contribution in [0, 0.1) is 6.92 Å². The lowest BCUT2D eigenvalue weighted by Gasteiger charge is -2.10. The predicted molar refractivity (Wildman–Crippen MR) is 125 cm³/mol. The average molecular weight is 429 g/mol. The Morgan fingerprint density at radius 1 is 0.903 bits per heavy atom. The fourth-order valence-corrected chi connectivity index (χ4v) is 3.82. The van der Waals surface area contributed by atoms with E-state index in [-0.39, 0.29) is 17.6 Å². The molecular weight excluding hydrogens is 408 g/mol. The highest BCUT2D eigenvalue weighted by Crippen LogP contribution is 2.26. The van der Waals surface area contributed by atoms with Gasteiger partial charge in [0, 0.05) is 16.3 Å². The van der Waals surface area contributed by atoms with Gasteiger partial charge in [0.25, 0.3) is 11.8 Å². The van der Waals surface area contributed by atoms with Gasteiger partial charge in [-0.25, -0.2) is 0 Å². The highest BCUT2D eigenvalue weighted by Gasteiger charge is 2.15. The van der Waals surface area contributed by atoms with Crippen molar-refractivity contribution in [2.45, 2.75) is 6.92 Å². The number of thiophene rings is 1.